The van der Waals surface area contributed by atoms with Crippen molar-refractivity contribution >= 4 is 5.91 Å². The number of carbonyl (C=O) groups excluding carboxylic acids is 1. The average Bonchev–Trinajstić information content (AvgIpc) is 2.51. The number of carbonyl (C=O) groups is 1. The number of aliphatic hydroxyl groups excluding tert-OH is 1. The van der Waals surface area contributed by atoms with Gasteiger partial charge in [0, 0.05) is 12.6 Å². The molecule has 2 aromatic carbocycles. The van der Waals surface area contributed by atoms with E-state index in [0.717, 1.165) is 5.56 Å². The molecule has 0 aliphatic carbocycles. The molecule has 1 amide bonds. The maximum atomic E-state index is 13.2. The lowest BCUT2D eigenvalue weighted by atomic mass is 10.2. The van der Waals surface area contributed by atoms with E-state index in [0.29, 0.717) is 12.1 Å². The lowest BCUT2D eigenvalue weighted by Crippen LogP contribution is -2.28. The van der Waals surface area contributed by atoms with E-state index in [1.807, 2.05) is 30.3 Å². The molecule has 0 unspecified atom stereocenters. The van der Waals surface area contributed by atoms with Crippen LogP contribution >= 0.6 is 0 Å². The summed E-state index contributed by atoms with van der Waals surface area (Å²) in [5.74, 6) is -0.594. The van der Waals surface area contributed by atoms with Crippen LogP contribution in [0.5, 0.6) is 5.75 Å². The van der Waals surface area contributed by atoms with Gasteiger partial charge in [-0.3, -0.25) is 4.79 Å². The zero-order valence-electron chi connectivity index (χ0n) is 11.4. The quantitative estimate of drug-likeness (QED) is 0.855. The Morgan fingerprint density at radius 3 is 2.62 bits per heavy atom. The molecule has 0 radical (unpaired) electrons. The minimum atomic E-state index is -0.513. The molecule has 0 saturated heterocycles. The number of hydrogen-bond acceptors (Lipinski definition) is 3. The van der Waals surface area contributed by atoms with E-state index in [1.165, 1.54) is 18.2 Å². The summed E-state index contributed by atoms with van der Waals surface area (Å²) >= 11 is 0. The Hall–Kier alpha value is -2.40. The molecule has 2 aromatic rings. The van der Waals surface area contributed by atoms with E-state index in [1.54, 1.807) is 0 Å². The van der Waals surface area contributed by atoms with Crippen LogP contribution < -0.4 is 10.1 Å². The topological polar surface area (TPSA) is 58.6 Å². The first-order valence-electron chi connectivity index (χ1n) is 6.51. The molecule has 0 bridgehead atoms. The number of halogens is 1. The predicted octanol–water partition coefficient (Wildman–Crippen LogP) is 2.01. The van der Waals surface area contributed by atoms with E-state index < -0.39 is 5.82 Å². The highest BCUT2D eigenvalue weighted by Gasteiger charge is 2.05. The van der Waals surface area contributed by atoms with Crippen molar-refractivity contribution in [2.24, 2.45) is 0 Å². The number of hydrogen-bond donors (Lipinski definition) is 2. The minimum absolute atomic E-state index is 0.207. The number of aliphatic hydroxyl groups is 1. The van der Waals surface area contributed by atoms with E-state index in [-0.39, 0.29) is 24.9 Å². The summed E-state index contributed by atoms with van der Waals surface area (Å²) in [5, 5.41) is 11.7. The number of amides is 1. The van der Waals surface area contributed by atoms with Crippen LogP contribution in [0.2, 0.25) is 0 Å². The molecule has 2 N–H and O–H groups in total. The highest BCUT2D eigenvalue weighted by atomic mass is 19.1. The van der Waals surface area contributed by atoms with Crippen molar-refractivity contribution in [2.75, 3.05) is 6.61 Å². The van der Waals surface area contributed by atoms with E-state index in [2.05, 4.69) is 5.32 Å². The summed E-state index contributed by atoms with van der Waals surface area (Å²) in [6.07, 6.45) is 0. The first-order chi connectivity index (χ1) is 10.2. The Morgan fingerprint density at radius 2 is 1.90 bits per heavy atom. The zero-order chi connectivity index (χ0) is 15.1. The second-order valence-electron chi connectivity index (χ2n) is 4.50. The average molecular weight is 289 g/mol. The second kappa shape index (κ2) is 7.40. The summed E-state index contributed by atoms with van der Waals surface area (Å²) in [6.45, 7) is -0.0798. The van der Waals surface area contributed by atoms with Crippen LogP contribution in [0.4, 0.5) is 4.39 Å². The SMILES string of the molecule is O=C(COc1cc(F)cc(CO)c1)NCc1ccccc1. The fraction of sp³-hybridized carbons (Fsp3) is 0.188. The molecule has 4 nitrogen and oxygen atoms in total. The van der Waals surface area contributed by atoms with Gasteiger partial charge < -0.3 is 15.2 Å². The molecule has 0 heterocycles. The smallest absolute Gasteiger partial charge is 0.258 e. The Kier molecular flexibility index (Phi) is 5.29. The summed E-state index contributed by atoms with van der Waals surface area (Å²) in [4.78, 5) is 11.6. The number of nitrogens with one attached hydrogen (secondary N) is 1. The lowest BCUT2D eigenvalue weighted by Gasteiger charge is -2.09. The van der Waals surface area contributed by atoms with Crippen molar-refractivity contribution in [3.05, 3.63) is 65.5 Å². The number of benzene rings is 2. The van der Waals surface area contributed by atoms with Gasteiger partial charge in [0.2, 0.25) is 0 Å². The van der Waals surface area contributed by atoms with E-state index >= 15 is 0 Å². The summed E-state index contributed by atoms with van der Waals surface area (Å²) < 4.78 is 18.4. The third-order valence-electron chi connectivity index (χ3n) is 2.82. The van der Waals surface area contributed by atoms with E-state index in [9.17, 15) is 9.18 Å². The van der Waals surface area contributed by atoms with Crippen LogP contribution in [0, 0.1) is 5.82 Å². The molecule has 0 atom stereocenters. The van der Waals surface area contributed by atoms with Crippen LogP contribution in [-0.2, 0) is 17.9 Å². The fourth-order valence-electron chi connectivity index (χ4n) is 1.79. The van der Waals surface area contributed by atoms with Gasteiger partial charge in [-0.05, 0) is 23.3 Å². The molecule has 0 aliphatic heterocycles. The molecule has 0 aliphatic rings. The maximum absolute atomic E-state index is 13.2. The minimum Gasteiger partial charge on any atom is -0.484 e. The Bertz CT molecular complexity index is 602. The first kappa shape index (κ1) is 15.0. The van der Waals surface area contributed by atoms with Crippen molar-refractivity contribution in [3.63, 3.8) is 0 Å². The normalized spacial score (nSPS) is 10.2. The molecule has 110 valence electrons. The van der Waals surface area contributed by atoms with Crippen LogP contribution in [0.1, 0.15) is 11.1 Å². The Balaban J connectivity index is 1.82. The van der Waals surface area contributed by atoms with Crippen LogP contribution in [0.3, 0.4) is 0 Å². The molecular formula is C16H16FNO3. The Labute approximate surface area is 122 Å². The molecular weight excluding hydrogens is 273 g/mol. The van der Waals surface area contributed by atoms with Crippen molar-refractivity contribution in [2.45, 2.75) is 13.2 Å². The largest absolute Gasteiger partial charge is 0.484 e. The maximum Gasteiger partial charge on any atom is 0.258 e. The van der Waals surface area contributed by atoms with Crippen molar-refractivity contribution in [3.8, 4) is 5.75 Å². The van der Waals surface area contributed by atoms with Gasteiger partial charge in [-0.25, -0.2) is 4.39 Å². The van der Waals surface area contributed by atoms with Gasteiger partial charge in [0.25, 0.3) is 5.91 Å². The summed E-state index contributed by atoms with van der Waals surface area (Å²) in [7, 11) is 0. The fourth-order valence-corrected chi connectivity index (χ4v) is 1.79. The van der Waals surface area contributed by atoms with Crippen LogP contribution in [0.15, 0.2) is 48.5 Å². The van der Waals surface area contributed by atoms with Gasteiger partial charge >= 0.3 is 0 Å². The number of rotatable bonds is 6. The molecule has 0 saturated carbocycles. The summed E-state index contributed by atoms with van der Waals surface area (Å²) in [5.41, 5.74) is 1.38. The third-order valence-corrected chi connectivity index (χ3v) is 2.82. The van der Waals surface area contributed by atoms with Crippen molar-refractivity contribution in [1.29, 1.82) is 0 Å². The van der Waals surface area contributed by atoms with Gasteiger partial charge in [0.1, 0.15) is 11.6 Å². The second-order valence-corrected chi connectivity index (χ2v) is 4.50. The highest BCUT2D eigenvalue weighted by molar-refractivity contribution is 5.77. The lowest BCUT2D eigenvalue weighted by molar-refractivity contribution is -0.123. The first-order valence-corrected chi connectivity index (χ1v) is 6.51. The highest BCUT2D eigenvalue weighted by Crippen LogP contribution is 2.16. The van der Waals surface area contributed by atoms with Crippen molar-refractivity contribution in [1.82, 2.24) is 5.32 Å². The molecule has 0 spiro atoms. The number of ether oxygens (including phenoxy) is 1. The van der Waals surface area contributed by atoms with Gasteiger partial charge in [-0.15, -0.1) is 0 Å². The van der Waals surface area contributed by atoms with Gasteiger partial charge in [-0.2, -0.15) is 0 Å². The molecule has 2 rings (SSSR count). The molecule has 0 fully saturated rings. The van der Waals surface area contributed by atoms with Gasteiger partial charge in [0.15, 0.2) is 6.61 Å². The van der Waals surface area contributed by atoms with Gasteiger partial charge in [-0.1, -0.05) is 30.3 Å². The molecule has 21 heavy (non-hydrogen) atoms. The molecule has 5 heteroatoms. The van der Waals surface area contributed by atoms with Crippen LogP contribution in [-0.4, -0.2) is 17.6 Å². The zero-order valence-corrected chi connectivity index (χ0v) is 11.4. The Morgan fingerprint density at radius 1 is 1.14 bits per heavy atom. The van der Waals surface area contributed by atoms with E-state index in [4.69, 9.17) is 9.84 Å². The van der Waals surface area contributed by atoms with Gasteiger partial charge in [0.05, 0.1) is 6.61 Å². The third kappa shape index (κ3) is 4.89. The molecule has 0 aromatic heterocycles. The predicted molar refractivity (Wildman–Crippen MR) is 76.1 cm³/mol. The summed E-state index contributed by atoms with van der Waals surface area (Å²) in [6, 6.07) is 13.4. The monoisotopic (exact) mass is 289 g/mol. The standard InChI is InChI=1S/C16H16FNO3/c17-14-6-13(10-19)7-15(8-14)21-11-16(20)18-9-12-4-2-1-3-5-12/h1-8,19H,9-11H2,(H,18,20). The van der Waals surface area contributed by atoms with Crippen LogP contribution in [0.25, 0.3) is 0 Å². The van der Waals surface area contributed by atoms with Crippen molar-refractivity contribution < 1.29 is 19.0 Å².